The maximum atomic E-state index is 11.5. The zero-order valence-corrected chi connectivity index (χ0v) is 14.1. The van der Waals surface area contributed by atoms with Crippen LogP contribution < -0.4 is 11.1 Å². The largest absolute Gasteiger partial charge is 0.444 e. The van der Waals surface area contributed by atoms with Gasteiger partial charge in [-0.2, -0.15) is 8.42 Å². The molecular formula is C14H21N3O5S. The maximum Gasteiger partial charge on any atom is 0.407 e. The molecule has 0 aromatic heterocycles. The molecule has 1 aromatic carbocycles. The summed E-state index contributed by atoms with van der Waals surface area (Å²) < 4.78 is 35.5. The molecule has 1 aromatic rings. The van der Waals surface area contributed by atoms with Crippen molar-refractivity contribution in [1.29, 1.82) is 0 Å². The lowest BCUT2D eigenvalue weighted by Gasteiger charge is -2.19. The lowest BCUT2D eigenvalue weighted by atomic mass is 10.1. The second-order valence-electron chi connectivity index (χ2n) is 5.77. The zero-order valence-electron chi connectivity index (χ0n) is 13.2. The van der Waals surface area contributed by atoms with Crippen LogP contribution in [0, 0.1) is 0 Å². The number of nitrogens with two attached hydrogens (primary N) is 1. The van der Waals surface area contributed by atoms with Crippen LogP contribution in [0.5, 0.6) is 0 Å². The first-order valence-electron chi connectivity index (χ1n) is 6.85. The maximum absolute atomic E-state index is 11.5. The normalized spacial score (nSPS) is 12.8. The van der Waals surface area contributed by atoms with Crippen molar-refractivity contribution in [2.75, 3.05) is 6.54 Å². The standard InChI is InChI=1S/C14H21N3O5S/c1-14(2,3)22-13(18)16-8-7-10-5-4-6-11(9-10)17-12(15)23(19,20)21/h4-6,9H,7-8H2,1-3H3,(H2,15,17)(H,16,18)(H,19,20,21). The molecule has 1 amide bonds. The molecule has 0 aliphatic heterocycles. The quantitative estimate of drug-likeness (QED) is 0.432. The molecule has 0 atom stereocenters. The highest BCUT2D eigenvalue weighted by atomic mass is 32.2. The molecule has 0 fully saturated rings. The molecule has 4 N–H and O–H groups in total. The van der Waals surface area contributed by atoms with Crippen LogP contribution in [-0.4, -0.2) is 36.4 Å². The number of carbonyl (C=O) groups excluding carboxylic acids is 1. The summed E-state index contributed by atoms with van der Waals surface area (Å²) in [6.07, 6.45) is -0.0173. The van der Waals surface area contributed by atoms with E-state index in [0.29, 0.717) is 13.0 Å². The molecule has 0 spiro atoms. The van der Waals surface area contributed by atoms with Gasteiger partial charge in [0.2, 0.25) is 5.17 Å². The Hall–Kier alpha value is -2.13. The highest BCUT2D eigenvalue weighted by Gasteiger charge is 2.15. The molecule has 8 nitrogen and oxygen atoms in total. The molecule has 0 saturated carbocycles. The molecule has 9 heteroatoms. The van der Waals surface area contributed by atoms with Gasteiger partial charge in [0.25, 0.3) is 0 Å². The van der Waals surface area contributed by atoms with Crippen LogP contribution in [0.1, 0.15) is 26.3 Å². The summed E-state index contributed by atoms with van der Waals surface area (Å²) in [5.41, 5.74) is 5.70. The number of nitrogens with one attached hydrogen (secondary N) is 1. The van der Waals surface area contributed by atoms with E-state index in [-0.39, 0.29) is 5.69 Å². The van der Waals surface area contributed by atoms with Crippen molar-refractivity contribution >= 4 is 27.1 Å². The number of hydrogen-bond acceptors (Lipinski definition) is 5. The van der Waals surface area contributed by atoms with Crippen molar-refractivity contribution in [1.82, 2.24) is 5.32 Å². The van der Waals surface area contributed by atoms with Crippen LogP contribution in [0.15, 0.2) is 29.3 Å². The van der Waals surface area contributed by atoms with Gasteiger partial charge in [-0.1, -0.05) is 12.1 Å². The molecule has 0 heterocycles. The van der Waals surface area contributed by atoms with Gasteiger partial charge >= 0.3 is 16.2 Å². The van der Waals surface area contributed by atoms with Gasteiger partial charge in [-0.25, -0.2) is 9.79 Å². The minimum atomic E-state index is -4.51. The average Bonchev–Trinajstić information content (AvgIpc) is 2.35. The Labute approximate surface area is 135 Å². The molecule has 0 radical (unpaired) electrons. The summed E-state index contributed by atoms with van der Waals surface area (Å²) in [7, 11) is -4.51. The number of rotatable bonds is 4. The van der Waals surface area contributed by atoms with Crippen LogP contribution in [0.3, 0.4) is 0 Å². The molecule has 1 rings (SSSR count). The highest BCUT2D eigenvalue weighted by molar-refractivity contribution is 8.01. The van der Waals surface area contributed by atoms with Crippen molar-refractivity contribution < 1.29 is 22.5 Å². The minimum Gasteiger partial charge on any atom is -0.444 e. The van der Waals surface area contributed by atoms with Gasteiger partial charge in [0, 0.05) is 6.54 Å². The van der Waals surface area contributed by atoms with E-state index >= 15 is 0 Å². The summed E-state index contributed by atoms with van der Waals surface area (Å²) in [5, 5.41) is 1.74. The van der Waals surface area contributed by atoms with Gasteiger partial charge in [-0.05, 0) is 44.9 Å². The Morgan fingerprint density at radius 3 is 2.61 bits per heavy atom. The first kappa shape index (κ1) is 18.9. The molecule has 128 valence electrons. The molecule has 0 bridgehead atoms. The van der Waals surface area contributed by atoms with E-state index in [9.17, 15) is 13.2 Å². The lowest BCUT2D eigenvalue weighted by Crippen LogP contribution is -2.33. The molecule has 0 saturated heterocycles. The first-order valence-corrected chi connectivity index (χ1v) is 8.29. The van der Waals surface area contributed by atoms with Gasteiger partial charge < -0.3 is 15.8 Å². The number of aliphatic imine (C=N–C) groups is 1. The summed E-state index contributed by atoms with van der Waals surface area (Å²) >= 11 is 0. The van der Waals surface area contributed by atoms with Gasteiger partial charge in [0.1, 0.15) is 5.60 Å². The van der Waals surface area contributed by atoms with Crippen molar-refractivity contribution in [2.45, 2.75) is 32.8 Å². The van der Waals surface area contributed by atoms with Crippen LogP contribution in [0.2, 0.25) is 0 Å². The second-order valence-corrected chi connectivity index (χ2v) is 7.14. The van der Waals surface area contributed by atoms with E-state index in [1.54, 1.807) is 45.0 Å². The SMILES string of the molecule is CC(C)(C)OC(=O)NCCc1cccc(N=C(N)S(=O)(=O)O)c1. The number of hydrogen-bond donors (Lipinski definition) is 3. The average molecular weight is 343 g/mol. The number of amides is 1. The van der Waals surface area contributed by atoms with Crippen LogP contribution in [-0.2, 0) is 21.3 Å². The third-order valence-electron chi connectivity index (χ3n) is 2.50. The Bertz CT molecular complexity index is 693. The monoisotopic (exact) mass is 343 g/mol. The highest BCUT2D eigenvalue weighted by Crippen LogP contribution is 2.15. The predicted octanol–water partition coefficient (Wildman–Crippen LogP) is 1.59. The summed E-state index contributed by atoms with van der Waals surface area (Å²) in [6, 6.07) is 6.61. The van der Waals surface area contributed by atoms with E-state index in [2.05, 4.69) is 10.3 Å². The minimum absolute atomic E-state index is 0.287. The second kappa shape index (κ2) is 7.42. The van der Waals surface area contributed by atoms with Gasteiger partial charge in [0.15, 0.2) is 0 Å². The summed E-state index contributed by atoms with van der Waals surface area (Å²) in [5.74, 6) is 0. The van der Waals surface area contributed by atoms with Crippen molar-refractivity contribution in [2.24, 2.45) is 10.7 Å². The van der Waals surface area contributed by atoms with Crippen molar-refractivity contribution in [3.63, 3.8) is 0 Å². The van der Waals surface area contributed by atoms with E-state index in [0.717, 1.165) is 5.56 Å². The summed E-state index contributed by atoms with van der Waals surface area (Å²) in [6.45, 7) is 5.66. The predicted molar refractivity (Wildman–Crippen MR) is 87.2 cm³/mol. The number of carbonyl (C=O) groups is 1. The smallest absolute Gasteiger partial charge is 0.407 e. The third-order valence-corrected chi connectivity index (χ3v) is 3.12. The van der Waals surface area contributed by atoms with E-state index < -0.39 is 27.0 Å². The Morgan fingerprint density at radius 2 is 2.04 bits per heavy atom. The molecule has 0 unspecified atom stereocenters. The third kappa shape index (κ3) is 7.61. The van der Waals surface area contributed by atoms with Gasteiger partial charge in [0.05, 0.1) is 5.69 Å². The number of amidine groups is 1. The van der Waals surface area contributed by atoms with Crippen LogP contribution in [0.25, 0.3) is 0 Å². The first-order chi connectivity index (χ1) is 10.5. The number of ether oxygens (including phenoxy) is 1. The van der Waals surface area contributed by atoms with Gasteiger partial charge in [-0.3, -0.25) is 4.55 Å². The Balaban J connectivity index is 2.64. The fraction of sp³-hybridized carbons (Fsp3) is 0.429. The molecule has 23 heavy (non-hydrogen) atoms. The lowest BCUT2D eigenvalue weighted by molar-refractivity contribution is 0.0528. The summed E-state index contributed by atoms with van der Waals surface area (Å²) in [4.78, 5) is 15.1. The van der Waals surface area contributed by atoms with E-state index in [1.807, 2.05) is 0 Å². The van der Waals surface area contributed by atoms with Gasteiger partial charge in [-0.15, -0.1) is 0 Å². The van der Waals surface area contributed by atoms with E-state index in [1.165, 1.54) is 0 Å². The fourth-order valence-corrected chi connectivity index (χ4v) is 1.81. The van der Waals surface area contributed by atoms with Crippen LogP contribution in [0.4, 0.5) is 10.5 Å². The number of benzene rings is 1. The van der Waals surface area contributed by atoms with Crippen molar-refractivity contribution in [3.8, 4) is 0 Å². The molecule has 0 aliphatic carbocycles. The molecule has 0 aliphatic rings. The Morgan fingerprint density at radius 1 is 1.39 bits per heavy atom. The van der Waals surface area contributed by atoms with E-state index in [4.69, 9.17) is 15.0 Å². The molecular weight excluding hydrogens is 322 g/mol. The number of nitrogens with zero attached hydrogens (tertiary/aromatic N) is 1. The van der Waals surface area contributed by atoms with Crippen LogP contribution >= 0.6 is 0 Å². The zero-order chi connectivity index (χ0) is 17.7. The number of alkyl carbamates (subject to hydrolysis) is 1. The Kier molecular flexibility index (Phi) is 6.11. The topological polar surface area (TPSA) is 131 Å². The van der Waals surface area contributed by atoms with Crippen molar-refractivity contribution in [3.05, 3.63) is 29.8 Å². The fourth-order valence-electron chi connectivity index (χ4n) is 1.59.